The maximum Gasteiger partial charge on any atom is 0.267 e. The molecule has 0 saturated carbocycles. The summed E-state index contributed by atoms with van der Waals surface area (Å²) in [5, 5.41) is 2.14. The van der Waals surface area contributed by atoms with Crippen LogP contribution in [0.15, 0.2) is 58.5 Å². The minimum atomic E-state index is 0.0175. The molecule has 0 unspecified atom stereocenters. The van der Waals surface area contributed by atoms with Gasteiger partial charge in [-0.1, -0.05) is 35.5 Å². The van der Waals surface area contributed by atoms with Crippen LogP contribution in [0, 0.1) is 0 Å². The second-order valence-electron chi connectivity index (χ2n) is 7.54. The van der Waals surface area contributed by atoms with Gasteiger partial charge >= 0.3 is 0 Å². The van der Waals surface area contributed by atoms with Crippen LogP contribution in [0.2, 0.25) is 5.02 Å². The summed E-state index contributed by atoms with van der Waals surface area (Å²) in [4.78, 5) is 20.9. The minimum absolute atomic E-state index is 0.0175. The molecule has 0 aliphatic heterocycles. The number of ether oxygens (including phenoxy) is 1. The Morgan fingerprint density at radius 1 is 1.10 bits per heavy atom. The molecule has 0 atom stereocenters. The van der Waals surface area contributed by atoms with Gasteiger partial charge in [-0.3, -0.25) is 9.36 Å². The van der Waals surface area contributed by atoms with Gasteiger partial charge in [0.25, 0.3) is 5.56 Å². The quantitative estimate of drug-likeness (QED) is 0.255. The SMILES string of the molecule is COc1ccc(CSc2nc3sc4c(c3c(=O)n2-c2ccc(Cl)cc2)CCCC4)cc1. The number of thiophene rings is 1. The number of aromatic nitrogens is 2. The zero-order valence-corrected chi connectivity index (χ0v) is 19.4. The van der Waals surface area contributed by atoms with Gasteiger partial charge in [0.05, 0.1) is 18.2 Å². The molecule has 2 heterocycles. The summed E-state index contributed by atoms with van der Waals surface area (Å²) in [6.45, 7) is 0. The lowest BCUT2D eigenvalue weighted by atomic mass is 9.97. The van der Waals surface area contributed by atoms with Gasteiger partial charge in [-0.2, -0.15) is 0 Å². The van der Waals surface area contributed by atoms with Crippen molar-refractivity contribution in [3.8, 4) is 11.4 Å². The van der Waals surface area contributed by atoms with Gasteiger partial charge < -0.3 is 4.74 Å². The van der Waals surface area contributed by atoms with Crippen molar-refractivity contribution in [3.63, 3.8) is 0 Å². The highest BCUT2D eigenvalue weighted by molar-refractivity contribution is 7.98. The molecule has 5 rings (SSSR count). The van der Waals surface area contributed by atoms with E-state index in [9.17, 15) is 4.79 Å². The molecule has 0 radical (unpaired) electrons. The van der Waals surface area contributed by atoms with Gasteiger partial charge in [-0.25, -0.2) is 4.98 Å². The summed E-state index contributed by atoms with van der Waals surface area (Å²) in [5.41, 5.74) is 3.16. The van der Waals surface area contributed by atoms with Gasteiger partial charge in [0.2, 0.25) is 0 Å². The van der Waals surface area contributed by atoms with Crippen LogP contribution in [0.3, 0.4) is 0 Å². The van der Waals surface area contributed by atoms with Gasteiger partial charge in [0, 0.05) is 15.7 Å². The summed E-state index contributed by atoms with van der Waals surface area (Å²) in [6, 6.07) is 15.4. The summed E-state index contributed by atoms with van der Waals surface area (Å²) in [6.07, 6.45) is 4.33. The van der Waals surface area contributed by atoms with Crippen LogP contribution in [0.25, 0.3) is 15.9 Å². The maximum absolute atomic E-state index is 13.7. The molecule has 4 aromatic rings. The first kappa shape index (κ1) is 20.6. The standard InChI is InChI=1S/C24H21ClN2O2S2/c1-29-18-12-6-15(7-13-18)14-30-24-26-22-21(19-4-2-3-5-20(19)31-22)23(28)27(24)17-10-8-16(25)9-11-17/h6-13H,2-5,14H2,1H3. The first-order valence-electron chi connectivity index (χ1n) is 10.2. The molecular formula is C24H21ClN2O2S2. The molecule has 1 aliphatic rings. The molecule has 7 heteroatoms. The molecule has 0 spiro atoms. The van der Waals surface area contributed by atoms with Gasteiger partial charge in [0.1, 0.15) is 10.6 Å². The molecule has 0 amide bonds. The fraction of sp³-hybridized carbons (Fsp3) is 0.250. The lowest BCUT2D eigenvalue weighted by Gasteiger charge is -2.14. The molecule has 0 saturated heterocycles. The largest absolute Gasteiger partial charge is 0.497 e. The third-order valence-electron chi connectivity index (χ3n) is 5.57. The number of hydrogen-bond donors (Lipinski definition) is 0. The molecular weight excluding hydrogens is 448 g/mol. The Hall–Kier alpha value is -2.28. The van der Waals surface area contributed by atoms with Crippen molar-refractivity contribution in [2.45, 2.75) is 36.6 Å². The van der Waals surface area contributed by atoms with Crippen molar-refractivity contribution in [2.75, 3.05) is 7.11 Å². The lowest BCUT2D eigenvalue weighted by molar-refractivity contribution is 0.414. The first-order chi connectivity index (χ1) is 15.1. The average molecular weight is 469 g/mol. The van der Waals surface area contributed by atoms with E-state index in [1.165, 1.54) is 16.9 Å². The second kappa shape index (κ2) is 8.69. The number of aryl methyl sites for hydroxylation is 2. The van der Waals surface area contributed by atoms with E-state index in [4.69, 9.17) is 21.3 Å². The van der Waals surface area contributed by atoms with Crippen LogP contribution in [0.5, 0.6) is 5.75 Å². The Balaban J connectivity index is 1.61. The summed E-state index contributed by atoms with van der Waals surface area (Å²) in [5.74, 6) is 1.54. The number of hydrogen-bond acceptors (Lipinski definition) is 5. The fourth-order valence-electron chi connectivity index (χ4n) is 3.97. The van der Waals surface area contributed by atoms with Crippen molar-refractivity contribution < 1.29 is 4.74 Å². The van der Waals surface area contributed by atoms with Crippen molar-refractivity contribution in [1.82, 2.24) is 9.55 Å². The van der Waals surface area contributed by atoms with Crippen molar-refractivity contribution in [3.05, 3.63) is 79.9 Å². The molecule has 0 fully saturated rings. The Morgan fingerprint density at radius 3 is 2.58 bits per heavy atom. The molecule has 2 aromatic heterocycles. The molecule has 0 bridgehead atoms. The van der Waals surface area contributed by atoms with E-state index in [-0.39, 0.29) is 5.56 Å². The van der Waals surface area contributed by atoms with E-state index < -0.39 is 0 Å². The van der Waals surface area contributed by atoms with Crippen LogP contribution in [0.4, 0.5) is 0 Å². The number of nitrogens with zero attached hydrogens (tertiary/aromatic N) is 2. The summed E-state index contributed by atoms with van der Waals surface area (Å²) < 4.78 is 6.99. The average Bonchev–Trinajstić information content (AvgIpc) is 3.17. The van der Waals surface area contributed by atoms with Crippen molar-refractivity contribution in [1.29, 1.82) is 0 Å². The molecule has 31 heavy (non-hydrogen) atoms. The Kier molecular flexibility index (Phi) is 5.78. The van der Waals surface area contributed by atoms with Gasteiger partial charge in [-0.05, 0) is 73.2 Å². The number of fused-ring (bicyclic) bond motifs is 3. The number of halogens is 1. The van der Waals surface area contributed by atoms with Crippen LogP contribution in [0.1, 0.15) is 28.8 Å². The smallest absolute Gasteiger partial charge is 0.267 e. The van der Waals surface area contributed by atoms with E-state index in [0.717, 1.165) is 46.5 Å². The monoisotopic (exact) mass is 468 g/mol. The van der Waals surface area contributed by atoms with Crippen molar-refractivity contribution >= 4 is 44.9 Å². The topological polar surface area (TPSA) is 44.1 Å². The van der Waals surface area contributed by atoms with Crippen molar-refractivity contribution in [2.24, 2.45) is 0 Å². The van der Waals surface area contributed by atoms with E-state index in [2.05, 4.69) is 0 Å². The molecule has 1 aliphatic carbocycles. The van der Waals surface area contributed by atoms with Crippen LogP contribution in [-0.2, 0) is 18.6 Å². The first-order valence-corrected chi connectivity index (χ1v) is 12.4. The zero-order valence-electron chi connectivity index (χ0n) is 17.1. The van der Waals surface area contributed by atoms with E-state index in [0.29, 0.717) is 15.9 Å². The third-order valence-corrected chi connectivity index (χ3v) is 8.02. The van der Waals surface area contributed by atoms with Crippen LogP contribution in [-0.4, -0.2) is 16.7 Å². The number of rotatable bonds is 5. The van der Waals surface area contributed by atoms with E-state index in [1.54, 1.807) is 34.8 Å². The fourth-order valence-corrected chi connectivity index (χ4v) is 6.37. The molecule has 4 nitrogen and oxygen atoms in total. The summed E-state index contributed by atoms with van der Waals surface area (Å²) in [7, 11) is 1.66. The molecule has 0 N–H and O–H groups in total. The Morgan fingerprint density at radius 2 is 1.84 bits per heavy atom. The lowest BCUT2D eigenvalue weighted by Crippen LogP contribution is -2.22. The Bertz CT molecular complexity index is 1290. The highest BCUT2D eigenvalue weighted by Gasteiger charge is 2.23. The van der Waals surface area contributed by atoms with E-state index >= 15 is 0 Å². The highest BCUT2D eigenvalue weighted by Crippen LogP contribution is 2.35. The predicted molar refractivity (Wildman–Crippen MR) is 129 cm³/mol. The normalized spacial score (nSPS) is 13.4. The number of benzene rings is 2. The van der Waals surface area contributed by atoms with E-state index in [1.807, 2.05) is 48.5 Å². The van der Waals surface area contributed by atoms with Gasteiger partial charge in [0.15, 0.2) is 5.16 Å². The highest BCUT2D eigenvalue weighted by atomic mass is 35.5. The predicted octanol–water partition coefficient (Wildman–Crippen LogP) is 6.28. The summed E-state index contributed by atoms with van der Waals surface area (Å²) >= 11 is 9.36. The zero-order chi connectivity index (χ0) is 21.4. The second-order valence-corrected chi connectivity index (χ2v) is 10.0. The van der Waals surface area contributed by atoms with Crippen LogP contribution >= 0.6 is 34.7 Å². The Labute approximate surface area is 193 Å². The van der Waals surface area contributed by atoms with Crippen LogP contribution < -0.4 is 10.3 Å². The maximum atomic E-state index is 13.7. The minimum Gasteiger partial charge on any atom is -0.497 e. The number of methoxy groups -OCH3 is 1. The third kappa shape index (κ3) is 4.00. The molecule has 158 valence electrons. The van der Waals surface area contributed by atoms with Gasteiger partial charge in [-0.15, -0.1) is 11.3 Å². The number of thioether (sulfide) groups is 1. The molecule has 2 aromatic carbocycles.